The lowest BCUT2D eigenvalue weighted by atomic mass is 9.99. The summed E-state index contributed by atoms with van der Waals surface area (Å²) in [4.78, 5) is 13.6. The summed E-state index contributed by atoms with van der Waals surface area (Å²) < 4.78 is 5.51. The van der Waals surface area contributed by atoms with Gasteiger partial charge >= 0.3 is 5.97 Å². The van der Waals surface area contributed by atoms with Crippen LogP contribution in [0, 0.1) is 6.92 Å². The van der Waals surface area contributed by atoms with E-state index in [-0.39, 0.29) is 5.56 Å². The van der Waals surface area contributed by atoms with Gasteiger partial charge in [0, 0.05) is 18.6 Å². The third kappa shape index (κ3) is 2.60. The van der Waals surface area contributed by atoms with Crippen molar-refractivity contribution >= 4 is 5.97 Å². The van der Waals surface area contributed by atoms with E-state index in [1.807, 2.05) is 0 Å². The standard InChI is InChI=1S/C15H22N2O3/c1-10-12(15(18)19)8-11(20-10)9-16-13-5-7-17-6-3-2-4-14(13)17/h8,13-14,16H,2-7,9H2,1H3,(H,18,19). The predicted molar refractivity (Wildman–Crippen MR) is 74.9 cm³/mol. The van der Waals surface area contributed by atoms with Crippen molar-refractivity contribution in [1.82, 2.24) is 10.2 Å². The first-order valence-electron chi connectivity index (χ1n) is 7.45. The fraction of sp³-hybridized carbons (Fsp3) is 0.667. The lowest BCUT2D eigenvalue weighted by Crippen LogP contribution is -2.44. The average molecular weight is 278 g/mol. The van der Waals surface area contributed by atoms with Crippen molar-refractivity contribution in [3.05, 3.63) is 23.2 Å². The summed E-state index contributed by atoms with van der Waals surface area (Å²) in [5, 5.41) is 12.6. The molecule has 3 heterocycles. The molecule has 2 N–H and O–H groups in total. The van der Waals surface area contributed by atoms with E-state index in [0.29, 0.717) is 30.1 Å². The molecule has 1 aromatic rings. The molecule has 20 heavy (non-hydrogen) atoms. The molecule has 2 aliphatic rings. The monoisotopic (exact) mass is 278 g/mol. The van der Waals surface area contributed by atoms with Gasteiger partial charge in [-0.1, -0.05) is 6.42 Å². The first-order valence-corrected chi connectivity index (χ1v) is 7.45. The van der Waals surface area contributed by atoms with Gasteiger partial charge in [-0.25, -0.2) is 4.79 Å². The Morgan fingerprint density at radius 2 is 2.30 bits per heavy atom. The van der Waals surface area contributed by atoms with Gasteiger partial charge in [-0.15, -0.1) is 0 Å². The number of nitrogens with one attached hydrogen (secondary N) is 1. The Labute approximate surface area is 118 Å². The number of furan rings is 1. The summed E-state index contributed by atoms with van der Waals surface area (Å²) in [5.74, 6) is 0.283. The number of fused-ring (bicyclic) bond motifs is 1. The number of aromatic carboxylic acids is 1. The van der Waals surface area contributed by atoms with Gasteiger partial charge in [0.15, 0.2) is 0 Å². The van der Waals surface area contributed by atoms with E-state index < -0.39 is 5.97 Å². The number of rotatable bonds is 4. The molecule has 2 unspecified atom stereocenters. The van der Waals surface area contributed by atoms with Crippen molar-refractivity contribution in [3.63, 3.8) is 0 Å². The molecule has 0 radical (unpaired) electrons. The number of carboxylic acids is 1. The van der Waals surface area contributed by atoms with Gasteiger partial charge in [0.25, 0.3) is 0 Å². The molecule has 0 saturated carbocycles. The Morgan fingerprint density at radius 3 is 3.05 bits per heavy atom. The van der Waals surface area contributed by atoms with Crippen LogP contribution in [-0.2, 0) is 6.54 Å². The Hall–Kier alpha value is -1.33. The smallest absolute Gasteiger partial charge is 0.339 e. The number of hydrogen-bond donors (Lipinski definition) is 2. The van der Waals surface area contributed by atoms with E-state index >= 15 is 0 Å². The van der Waals surface area contributed by atoms with Crippen LogP contribution in [0.15, 0.2) is 10.5 Å². The van der Waals surface area contributed by atoms with Gasteiger partial charge in [0.2, 0.25) is 0 Å². The quantitative estimate of drug-likeness (QED) is 0.882. The van der Waals surface area contributed by atoms with Crippen LogP contribution < -0.4 is 5.32 Å². The van der Waals surface area contributed by atoms with Crippen LogP contribution in [0.5, 0.6) is 0 Å². The molecular weight excluding hydrogens is 256 g/mol. The minimum Gasteiger partial charge on any atom is -0.478 e. The van der Waals surface area contributed by atoms with Gasteiger partial charge in [-0.2, -0.15) is 0 Å². The third-order valence-corrected chi connectivity index (χ3v) is 4.59. The molecule has 2 aliphatic heterocycles. The number of piperidine rings is 1. The van der Waals surface area contributed by atoms with Crippen LogP contribution in [0.25, 0.3) is 0 Å². The Balaban J connectivity index is 1.59. The minimum atomic E-state index is -0.920. The zero-order valence-corrected chi connectivity index (χ0v) is 11.9. The van der Waals surface area contributed by atoms with E-state index in [2.05, 4.69) is 10.2 Å². The van der Waals surface area contributed by atoms with E-state index in [9.17, 15) is 4.79 Å². The van der Waals surface area contributed by atoms with E-state index in [0.717, 1.165) is 0 Å². The van der Waals surface area contributed by atoms with Crippen LogP contribution in [-0.4, -0.2) is 41.1 Å². The van der Waals surface area contributed by atoms with Crippen molar-refractivity contribution in [2.24, 2.45) is 0 Å². The van der Waals surface area contributed by atoms with E-state index in [1.165, 1.54) is 38.8 Å². The maximum absolute atomic E-state index is 11.0. The number of hydrogen-bond acceptors (Lipinski definition) is 4. The van der Waals surface area contributed by atoms with Crippen molar-refractivity contribution < 1.29 is 14.3 Å². The molecule has 3 rings (SSSR count). The topological polar surface area (TPSA) is 65.7 Å². The lowest BCUT2D eigenvalue weighted by Gasteiger charge is -2.32. The van der Waals surface area contributed by atoms with E-state index in [1.54, 1.807) is 13.0 Å². The second-order valence-electron chi connectivity index (χ2n) is 5.86. The highest BCUT2D eigenvalue weighted by molar-refractivity contribution is 5.88. The number of carbonyl (C=O) groups is 1. The Kier molecular flexibility index (Phi) is 3.81. The molecule has 0 bridgehead atoms. The molecule has 110 valence electrons. The molecule has 2 saturated heterocycles. The lowest BCUT2D eigenvalue weighted by molar-refractivity contribution is 0.0695. The number of nitrogens with zero attached hydrogens (tertiary/aromatic N) is 1. The van der Waals surface area contributed by atoms with Gasteiger partial charge in [0.1, 0.15) is 17.1 Å². The maximum Gasteiger partial charge on any atom is 0.339 e. The Bertz CT molecular complexity index is 497. The molecule has 0 spiro atoms. The normalized spacial score (nSPS) is 26.6. The third-order valence-electron chi connectivity index (χ3n) is 4.59. The summed E-state index contributed by atoms with van der Waals surface area (Å²) >= 11 is 0. The number of carboxylic acid groups (broad SMARTS) is 1. The highest BCUT2D eigenvalue weighted by Crippen LogP contribution is 2.27. The van der Waals surface area contributed by atoms with Crippen LogP contribution in [0.1, 0.15) is 47.6 Å². The highest BCUT2D eigenvalue weighted by Gasteiger charge is 2.35. The van der Waals surface area contributed by atoms with Gasteiger partial charge < -0.3 is 14.8 Å². The fourth-order valence-electron chi connectivity index (χ4n) is 3.56. The summed E-state index contributed by atoms with van der Waals surface area (Å²) in [5.41, 5.74) is 0.271. The molecular formula is C15H22N2O3. The predicted octanol–water partition coefficient (Wildman–Crippen LogP) is 2.00. The van der Waals surface area contributed by atoms with Crippen molar-refractivity contribution in [1.29, 1.82) is 0 Å². The molecule has 5 heteroatoms. The molecule has 0 aromatic carbocycles. The van der Waals surface area contributed by atoms with Crippen LogP contribution in [0.4, 0.5) is 0 Å². The highest BCUT2D eigenvalue weighted by atomic mass is 16.4. The van der Waals surface area contributed by atoms with Crippen LogP contribution in [0.2, 0.25) is 0 Å². The SMILES string of the molecule is Cc1oc(CNC2CCN3CCCCC23)cc1C(=O)O. The van der Waals surface area contributed by atoms with E-state index in [4.69, 9.17) is 9.52 Å². The summed E-state index contributed by atoms with van der Waals surface area (Å²) in [7, 11) is 0. The largest absolute Gasteiger partial charge is 0.478 e. The fourth-order valence-corrected chi connectivity index (χ4v) is 3.56. The molecule has 5 nitrogen and oxygen atoms in total. The van der Waals surface area contributed by atoms with Gasteiger partial charge in [0.05, 0.1) is 6.54 Å². The minimum absolute atomic E-state index is 0.271. The summed E-state index contributed by atoms with van der Waals surface area (Å²) in [6.45, 7) is 4.72. The zero-order chi connectivity index (χ0) is 14.1. The van der Waals surface area contributed by atoms with Gasteiger partial charge in [-0.3, -0.25) is 4.90 Å². The second-order valence-corrected chi connectivity index (χ2v) is 5.86. The summed E-state index contributed by atoms with van der Waals surface area (Å²) in [6, 6.07) is 2.80. The molecule has 0 aliphatic carbocycles. The van der Waals surface area contributed by atoms with Crippen LogP contribution in [0.3, 0.4) is 0 Å². The molecule has 0 amide bonds. The van der Waals surface area contributed by atoms with Crippen molar-refractivity contribution in [3.8, 4) is 0 Å². The van der Waals surface area contributed by atoms with Gasteiger partial charge in [-0.05, 0) is 38.8 Å². The average Bonchev–Trinajstić information content (AvgIpc) is 3.00. The zero-order valence-electron chi connectivity index (χ0n) is 11.9. The maximum atomic E-state index is 11.0. The molecule has 1 aromatic heterocycles. The first kappa shape index (κ1) is 13.6. The van der Waals surface area contributed by atoms with Crippen LogP contribution >= 0.6 is 0 Å². The van der Waals surface area contributed by atoms with Crippen molar-refractivity contribution in [2.75, 3.05) is 13.1 Å². The Morgan fingerprint density at radius 1 is 1.45 bits per heavy atom. The molecule has 2 fully saturated rings. The van der Waals surface area contributed by atoms with Crippen molar-refractivity contribution in [2.45, 2.75) is 51.2 Å². The number of aryl methyl sites for hydroxylation is 1. The molecule has 2 atom stereocenters. The first-order chi connectivity index (χ1) is 9.65. The summed E-state index contributed by atoms with van der Waals surface area (Å²) in [6.07, 6.45) is 5.09. The second kappa shape index (κ2) is 5.58.